The summed E-state index contributed by atoms with van der Waals surface area (Å²) in [4.78, 5) is 31.8. The first-order valence-corrected chi connectivity index (χ1v) is 9.31. The first-order chi connectivity index (χ1) is 13.2. The van der Waals surface area contributed by atoms with Crippen LogP contribution in [0.3, 0.4) is 0 Å². The zero-order valence-corrected chi connectivity index (χ0v) is 17.1. The van der Waals surface area contributed by atoms with Gasteiger partial charge in [0.1, 0.15) is 12.1 Å². The number of hydrogen-bond acceptors (Lipinski definition) is 5. The van der Waals surface area contributed by atoms with E-state index in [-0.39, 0.29) is 11.7 Å². The molecule has 1 fully saturated rings. The Kier molecular flexibility index (Phi) is 5.31. The summed E-state index contributed by atoms with van der Waals surface area (Å²) in [6, 6.07) is 0. The van der Waals surface area contributed by atoms with Crippen molar-refractivity contribution in [3.63, 3.8) is 0 Å². The molecule has 150 valence electrons. The number of anilines is 1. The molecule has 0 aromatic carbocycles. The van der Waals surface area contributed by atoms with Gasteiger partial charge < -0.3 is 9.64 Å². The van der Waals surface area contributed by atoms with Crippen LogP contribution in [-0.4, -0.2) is 57.5 Å². The number of carbonyl (C=O) groups is 1. The van der Waals surface area contributed by atoms with E-state index in [0.29, 0.717) is 38.2 Å². The summed E-state index contributed by atoms with van der Waals surface area (Å²) in [5, 5.41) is 4.13. The van der Waals surface area contributed by atoms with Gasteiger partial charge in [0.05, 0.1) is 32.4 Å². The van der Waals surface area contributed by atoms with Crippen LogP contribution in [0, 0.1) is 11.8 Å². The first kappa shape index (κ1) is 19.7. The van der Waals surface area contributed by atoms with Crippen molar-refractivity contribution in [2.45, 2.75) is 39.8 Å². The third-order valence-corrected chi connectivity index (χ3v) is 4.55. The number of carbonyl (C=O) groups excluding carboxylic acids is 1. The number of nitrogens with zero attached hydrogens (tertiary/aromatic N) is 5. The third-order valence-electron chi connectivity index (χ3n) is 4.55. The van der Waals surface area contributed by atoms with Gasteiger partial charge in [-0.05, 0) is 27.7 Å². The fourth-order valence-corrected chi connectivity index (χ4v) is 3.14. The second kappa shape index (κ2) is 7.54. The van der Waals surface area contributed by atoms with E-state index >= 15 is 0 Å². The number of hydrogen-bond donors (Lipinski definition) is 1. The van der Waals surface area contributed by atoms with Crippen molar-refractivity contribution < 1.29 is 14.1 Å². The summed E-state index contributed by atoms with van der Waals surface area (Å²) in [6.07, 6.45) is 1.37. The lowest BCUT2D eigenvalue weighted by Gasteiger charge is -2.33. The summed E-state index contributed by atoms with van der Waals surface area (Å²) in [5.74, 6) is 6.75. The minimum Gasteiger partial charge on any atom is -0.444 e. The Balaban J connectivity index is 1.86. The van der Waals surface area contributed by atoms with Crippen LogP contribution < -0.4 is 15.0 Å². The maximum atomic E-state index is 12.5. The molecule has 1 saturated heterocycles. The predicted molar refractivity (Wildman–Crippen MR) is 105 cm³/mol. The van der Waals surface area contributed by atoms with E-state index in [1.807, 2.05) is 25.3 Å². The Labute approximate surface area is 163 Å². The number of piperazine rings is 1. The highest BCUT2D eigenvalue weighted by Crippen LogP contribution is 2.16. The number of fused-ring (bicyclic) bond motifs is 1. The molecule has 1 aliphatic heterocycles. The Bertz CT molecular complexity index is 997. The number of amides is 1. The Morgan fingerprint density at radius 1 is 1.32 bits per heavy atom. The average molecular weight is 387 g/mol. The minimum atomic E-state index is -0.514. The molecule has 0 aliphatic carbocycles. The van der Waals surface area contributed by atoms with Crippen molar-refractivity contribution in [2.24, 2.45) is 7.05 Å². The lowest BCUT2D eigenvalue weighted by molar-refractivity contribution is -0.645. The first-order valence-electron chi connectivity index (χ1n) is 9.31. The smallest absolute Gasteiger partial charge is 0.410 e. The maximum absolute atomic E-state index is 12.5. The van der Waals surface area contributed by atoms with Crippen molar-refractivity contribution in [3.8, 4) is 11.8 Å². The highest BCUT2D eigenvalue weighted by atomic mass is 16.6. The summed E-state index contributed by atoms with van der Waals surface area (Å²) in [5.41, 5.74) is 0.519. The number of aromatic nitrogens is 4. The number of ether oxygens (including phenoxy) is 1. The average Bonchev–Trinajstić information content (AvgIpc) is 3.01. The monoisotopic (exact) mass is 387 g/mol. The fraction of sp³-hybridized carbons (Fsp3) is 0.579. The van der Waals surface area contributed by atoms with E-state index in [1.165, 1.54) is 4.68 Å². The van der Waals surface area contributed by atoms with Crippen molar-refractivity contribution in [2.75, 3.05) is 31.1 Å². The quantitative estimate of drug-likeness (QED) is 0.603. The Morgan fingerprint density at radius 2 is 2.00 bits per heavy atom. The molecule has 28 heavy (non-hydrogen) atoms. The molecule has 1 aliphatic rings. The van der Waals surface area contributed by atoms with Crippen LogP contribution >= 0.6 is 0 Å². The van der Waals surface area contributed by atoms with Crippen molar-refractivity contribution in [1.82, 2.24) is 19.7 Å². The molecule has 0 radical (unpaired) electrons. The van der Waals surface area contributed by atoms with Gasteiger partial charge in [-0.15, -0.1) is 5.92 Å². The van der Waals surface area contributed by atoms with Crippen LogP contribution in [0.25, 0.3) is 11.0 Å². The van der Waals surface area contributed by atoms with Crippen LogP contribution in [0.15, 0.2) is 11.0 Å². The Morgan fingerprint density at radius 3 is 2.61 bits per heavy atom. The molecular weight excluding hydrogens is 360 g/mol. The van der Waals surface area contributed by atoms with Gasteiger partial charge in [0.25, 0.3) is 0 Å². The number of imidazole rings is 1. The van der Waals surface area contributed by atoms with Gasteiger partial charge in [-0.2, -0.15) is 5.10 Å². The van der Waals surface area contributed by atoms with Gasteiger partial charge >= 0.3 is 17.6 Å². The maximum Gasteiger partial charge on any atom is 0.410 e. The second-order valence-corrected chi connectivity index (χ2v) is 7.75. The standard InChI is InChI=1S/C19H26N6O3/c1-6-7-8-25-14-13-20-22(5)16(26)15(14)21-17(25)23-9-11-24(12-10-23)18(27)28-19(2,3)4/h13H,8-12H2,1-5H3/p+1. The molecule has 3 heterocycles. The largest absolute Gasteiger partial charge is 0.444 e. The molecule has 2 aromatic rings. The SMILES string of the molecule is CC#CC[n+]1c(N2CCN(C(=O)OC(C)(C)C)CC2)[nH]c2c(=O)n(C)ncc21. The highest BCUT2D eigenvalue weighted by molar-refractivity contribution is 5.71. The highest BCUT2D eigenvalue weighted by Gasteiger charge is 2.32. The van der Waals surface area contributed by atoms with Gasteiger partial charge in [0.2, 0.25) is 5.52 Å². The molecule has 0 saturated carbocycles. The molecule has 0 unspecified atom stereocenters. The fourth-order valence-electron chi connectivity index (χ4n) is 3.14. The predicted octanol–water partition coefficient (Wildman–Crippen LogP) is 0.630. The summed E-state index contributed by atoms with van der Waals surface area (Å²) < 4.78 is 8.72. The number of aromatic amines is 1. The number of rotatable bonds is 2. The minimum absolute atomic E-state index is 0.186. The topological polar surface area (TPSA) is 87.3 Å². The molecule has 3 rings (SSSR count). The Hall–Kier alpha value is -3.02. The van der Waals surface area contributed by atoms with Crippen molar-refractivity contribution in [1.29, 1.82) is 0 Å². The van der Waals surface area contributed by atoms with E-state index < -0.39 is 5.60 Å². The van der Waals surface area contributed by atoms with Gasteiger partial charge in [-0.1, -0.05) is 5.92 Å². The van der Waals surface area contributed by atoms with E-state index in [0.717, 1.165) is 11.5 Å². The van der Waals surface area contributed by atoms with Crippen LogP contribution in [-0.2, 0) is 18.3 Å². The van der Waals surface area contributed by atoms with Crippen molar-refractivity contribution >= 4 is 23.1 Å². The zero-order valence-electron chi connectivity index (χ0n) is 17.1. The lowest BCUT2D eigenvalue weighted by Crippen LogP contribution is -2.53. The van der Waals surface area contributed by atoms with Gasteiger partial charge in [-0.25, -0.2) is 19.0 Å². The lowest BCUT2D eigenvalue weighted by atomic mass is 10.2. The molecule has 9 nitrogen and oxygen atoms in total. The van der Waals surface area contributed by atoms with E-state index in [9.17, 15) is 9.59 Å². The molecule has 0 bridgehead atoms. The normalized spacial score (nSPS) is 14.8. The molecule has 2 aromatic heterocycles. The van der Waals surface area contributed by atoms with E-state index in [1.54, 1.807) is 25.1 Å². The van der Waals surface area contributed by atoms with Gasteiger partial charge in [0, 0.05) is 7.05 Å². The van der Waals surface area contributed by atoms with E-state index in [4.69, 9.17) is 4.74 Å². The van der Waals surface area contributed by atoms with Crippen molar-refractivity contribution in [3.05, 3.63) is 16.6 Å². The van der Waals surface area contributed by atoms with E-state index in [2.05, 4.69) is 26.8 Å². The van der Waals surface area contributed by atoms with Gasteiger partial charge in [0.15, 0.2) is 5.52 Å². The van der Waals surface area contributed by atoms with Crippen LogP contribution in [0.1, 0.15) is 27.7 Å². The second-order valence-electron chi connectivity index (χ2n) is 7.75. The number of nitrogens with one attached hydrogen (secondary N) is 1. The molecule has 0 spiro atoms. The van der Waals surface area contributed by atoms with Crippen LogP contribution in [0.4, 0.5) is 10.7 Å². The zero-order chi connectivity index (χ0) is 20.5. The summed E-state index contributed by atoms with van der Waals surface area (Å²) in [6.45, 7) is 10.1. The molecular formula is C19H27N6O3+. The molecule has 1 amide bonds. The number of aryl methyl sites for hydroxylation is 1. The van der Waals surface area contributed by atoms with Gasteiger partial charge in [-0.3, -0.25) is 9.69 Å². The summed E-state index contributed by atoms with van der Waals surface area (Å²) >= 11 is 0. The molecule has 0 atom stereocenters. The third kappa shape index (κ3) is 3.96. The van der Waals surface area contributed by atoms with Crippen LogP contribution in [0.5, 0.6) is 0 Å². The molecule has 9 heteroatoms. The summed E-state index contributed by atoms with van der Waals surface area (Å²) in [7, 11) is 1.62. The van der Waals surface area contributed by atoms with Crippen LogP contribution in [0.2, 0.25) is 0 Å². The number of H-pyrrole nitrogens is 1. The molecule has 1 N–H and O–H groups in total.